The molecule has 6 nitrogen and oxygen atoms in total. The Morgan fingerprint density at radius 1 is 1.22 bits per heavy atom. The van der Waals surface area contributed by atoms with Crippen LogP contribution < -0.4 is 9.80 Å². The average molecular weight is 400 g/mol. The van der Waals surface area contributed by atoms with Crippen LogP contribution in [0.4, 0.5) is 24.7 Å². The molecule has 2 heterocycles. The van der Waals surface area contributed by atoms with Crippen LogP contribution in [0.25, 0.3) is 0 Å². The Bertz CT molecular complexity index is 891. The van der Waals surface area contributed by atoms with Gasteiger partial charge in [0.25, 0.3) is 9.84 Å². The smallest absolute Gasteiger partial charge is 0.371 e. The monoisotopic (exact) mass is 400 g/mol. The lowest BCUT2D eigenvalue weighted by Crippen LogP contribution is -2.40. The van der Waals surface area contributed by atoms with Gasteiger partial charge in [-0.25, -0.2) is 8.42 Å². The number of hydrogen-bond donors (Lipinski definition) is 0. The molecule has 3 rings (SSSR count). The lowest BCUT2D eigenvalue weighted by atomic mass is 10.2. The molecule has 10 heteroatoms. The molecule has 0 amide bonds. The van der Waals surface area contributed by atoms with Crippen LogP contribution in [0.2, 0.25) is 0 Å². The molecule has 0 aliphatic carbocycles. The third-order valence-electron chi connectivity index (χ3n) is 4.58. The lowest BCUT2D eigenvalue weighted by molar-refractivity contribution is -0.0435. The van der Waals surface area contributed by atoms with E-state index >= 15 is 0 Å². The van der Waals surface area contributed by atoms with E-state index in [-0.39, 0.29) is 11.7 Å². The highest BCUT2D eigenvalue weighted by Gasteiger charge is 2.48. The molecule has 1 aromatic carbocycles. The molecule has 0 saturated carbocycles. The maximum absolute atomic E-state index is 13.0. The van der Waals surface area contributed by atoms with Crippen molar-refractivity contribution in [2.45, 2.75) is 29.3 Å². The molecular formula is C17H19F3N4O2S. The number of alkyl halides is 3. The second-order valence-electron chi connectivity index (χ2n) is 6.37. The number of halogens is 3. The van der Waals surface area contributed by atoms with E-state index in [1.165, 1.54) is 18.2 Å². The van der Waals surface area contributed by atoms with E-state index in [1.54, 1.807) is 24.2 Å². The number of sulfone groups is 1. The van der Waals surface area contributed by atoms with Gasteiger partial charge in [0.2, 0.25) is 0 Å². The highest BCUT2D eigenvalue weighted by molar-refractivity contribution is 7.92. The number of benzene rings is 1. The Morgan fingerprint density at radius 2 is 1.96 bits per heavy atom. The fourth-order valence-corrected chi connectivity index (χ4v) is 4.32. The number of nitrogens with zero attached hydrogens (tertiary/aromatic N) is 4. The average Bonchev–Trinajstić information content (AvgIpc) is 3.09. The van der Waals surface area contributed by atoms with Crippen molar-refractivity contribution < 1.29 is 21.6 Å². The Hall–Kier alpha value is -2.36. The summed E-state index contributed by atoms with van der Waals surface area (Å²) in [6.07, 6.45) is 3.31. The fourth-order valence-electron chi connectivity index (χ4n) is 3.31. The van der Waals surface area contributed by atoms with Crippen LogP contribution in [-0.4, -0.2) is 50.3 Å². The van der Waals surface area contributed by atoms with Gasteiger partial charge in [0.15, 0.2) is 5.82 Å². The number of aromatic nitrogens is 2. The summed E-state index contributed by atoms with van der Waals surface area (Å²) < 4.78 is 62.9. The molecule has 1 saturated heterocycles. The zero-order valence-corrected chi connectivity index (χ0v) is 15.4. The largest absolute Gasteiger partial charge is 0.501 e. The van der Waals surface area contributed by atoms with Gasteiger partial charge in [-0.2, -0.15) is 18.3 Å². The zero-order chi connectivity index (χ0) is 19.7. The molecule has 2 aromatic rings. The molecule has 1 fully saturated rings. The number of para-hydroxylation sites is 1. The molecule has 1 aliphatic heterocycles. The summed E-state index contributed by atoms with van der Waals surface area (Å²) >= 11 is 0. The van der Waals surface area contributed by atoms with Crippen molar-refractivity contribution in [2.75, 3.05) is 29.9 Å². The van der Waals surface area contributed by atoms with Gasteiger partial charge in [-0.3, -0.25) is 0 Å². The number of likely N-dealkylation sites (N-methyl/N-ethyl adjacent to an activating group) is 1. The minimum atomic E-state index is -5.43. The summed E-state index contributed by atoms with van der Waals surface area (Å²) in [5.74, 6) is 0.699. The van der Waals surface area contributed by atoms with Gasteiger partial charge in [-0.15, -0.1) is 5.10 Å². The van der Waals surface area contributed by atoms with Gasteiger partial charge < -0.3 is 9.80 Å². The van der Waals surface area contributed by atoms with Gasteiger partial charge in [-0.1, -0.05) is 12.1 Å². The molecule has 1 unspecified atom stereocenters. The van der Waals surface area contributed by atoms with Gasteiger partial charge >= 0.3 is 5.51 Å². The third-order valence-corrected chi connectivity index (χ3v) is 6.12. The summed E-state index contributed by atoms with van der Waals surface area (Å²) in [6.45, 7) is 1.13. The second-order valence-corrected chi connectivity index (χ2v) is 8.28. The van der Waals surface area contributed by atoms with Gasteiger partial charge in [0.1, 0.15) is 0 Å². The topological polar surface area (TPSA) is 66.4 Å². The maximum Gasteiger partial charge on any atom is 0.501 e. The van der Waals surface area contributed by atoms with E-state index in [9.17, 15) is 21.6 Å². The van der Waals surface area contributed by atoms with Crippen LogP contribution in [0.1, 0.15) is 12.8 Å². The number of rotatable bonds is 5. The van der Waals surface area contributed by atoms with E-state index in [2.05, 4.69) is 10.2 Å². The molecule has 1 aromatic heterocycles. The highest BCUT2D eigenvalue weighted by atomic mass is 32.2. The molecule has 1 aliphatic rings. The minimum absolute atomic E-state index is 0.00616. The molecule has 0 spiro atoms. The Labute approximate surface area is 155 Å². The van der Waals surface area contributed by atoms with E-state index in [0.717, 1.165) is 25.5 Å². The van der Waals surface area contributed by atoms with Crippen molar-refractivity contribution in [1.82, 2.24) is 10.2 Å². The molecule has 0 bridgehead atoms. The summed E-state index contributed by atoms with van der Waals surface area (Å²) in [5, 5.41) is 7.96. The van der Waals surface area contributed by atoms with Crippen LogP contribution >= 0.6 is 0 Å². The first-order valence-electron chi connectivity index (χ1n) is 8.37. The Balaban J connectivity index is 1.86. The zero-order valence-electron chi connectivity index (χ0n) is 14.6. The normalized spacial score (nSPS) is 17.9. The molecule has 0 N–H and O–H groups in total. The molecule has 27 heavy (non-hydrogen) atoms. The first kappa shape index (κ1) is 19.4. The van der Waals surface area contributed by atoms with E-state index < -0.39 is 20.2 Å². The van der Waals surface area contributed by atoms with Crippen molar-refractivity contribution >= 4 is 21.3 Å². The van der Waals surface area contributed by atoms with Crippen molar-refractivity contribution in [3.8, 4) is 0 Å². The van der Waals surface area contributed by atoms with Crippen molar-refractivity contribution in [1.29, 1.82) is 0 Å². The Morgan fingerprint density at radius 3 is 2.63 bits per heavy atom. The molecular weight excluding hydrogens is 381 g/mol. The number of anilines is 2. The van der Waals surface area contributed by atoms with E-state index in [4.69, 9.17) is 0 Å². The quantitative estimate of drug-likeness (QED) is 0.769. The summed E-state index contributed by atoms with van der Waals surface area (Å²) in [4.78, 5) is 2.87. The van der Waals surface area contributed by atoms with Crippen molar-refractivity contribution in [2.24, 2.45) is 0 Å². The lowest BCUT2D eigenvalue weighted by Gasteiger charge is -2.31. The van der Waals surface area contributed by atoms with Crippen LogP contribution in [0.15, 0.2) is 47.5 Å². The summed E-state index contributed by atoms with van der Waals surface area (Å²) in [7, 11) is -3.83. The minimum Gasteiger partial charge on any atom is -0.371 e. The molecule has 146 valence electrons. The first-order chi connectivity index (χ1) is 12.7. The van der Waals surface area contributed by atoms with Crippen molar-refractivity contribution in [3.63, 3.8) is 0 Å². The van der Waals surface area contributed by atoms with Crippen LogP contribution in [-0.2, 0) is 9.84 Å². The standard InChI is InChI=1S/C17H19F3N4O2S/c1-23(12-13-6-5-11-24(13)16-9-4-10-21-22-16)14-7-2-3-8-15(14)27(25,26)17(18,19)20/h2-4,7-10,13H,5-6,11-12H2,1H3. The van der Waals surface area contributed by atoms with Crippen LogP contribution in [0.5, 0.6) is 0 Å². The second kappa shape index (κ2) is 7.34. The molecule has 1 atom stereocenters. The van der Waals surface area contributed by atoms with Gasteiger partial charge in [-0.05, 0) is 37.1 Å². The third kappa shape index (κ3) is 3.85. The predicted molar refractivity (Wildman–Crippen MR) is 95.4 cm³/mol. The van der Waals surface area contributed by atoms with Gasteiger partial charge in [0.05, 0.1) is 10.6 Å². The molecule has 0 radical (unpaired) electrons. The summed E-state index contributed by atoms with van der Waals surface area (Å²) in [6, 6.07) is 8.78. The summed E-state index contributed by atoms with van der Waals surface area (Å²) in [5.41, 5.74) is -5.32. The maximum atomic E-state index is 13.0. The van der Waals surface area contributed by atoms with Crippen LogP contribution in [0.3, 0.4) is 0 Å². The van der Waals surface area contributed by atoms with Crippen molar-refractivity contribution in [3.05, 3.63) is 42.6 Å². The fraction of sp³-hybridized carbons (Fsp3) is 0.412. The first-order valence-corrected chi connectivity index (χ1v) is 9.86. The van der Waals surface area contributed by atoms with E-state index in [0.29, 0.717) is 12.4 Å². The number of hydrogen-bond acceptors (Lipinski definition) is 6. The van der Waals surface area contributed by atoms with E-state index in [1.807, 2.05) is 11.0 Å². The SMILES string of the molecule is CN(CC1CCCN1c1cccnn1)c1ccccc1S(=O)(=O)C(F)(F)F. The predicted octanol–water partition coefficient (Wildman–Crippen LogP) is 2.88. The Kier molecular flexibility index (Phi) is 5.27. The highest BCUT2D eigenvalue weighted by Crippen LogP contribution is 2.36. The van der Waals surface area contributed by atoms with Crippen LogP contribution in [0, 0.1) is 0 Å². The van der Waals surface area contributed by atoms with Gasteiger partial charge in [0, 0.05) is 32.4 Å².